The van der Waals surface area contributed by atoms with Gasteiger partial charge in [0.1, 0.15) is 0 Å². The number of benzene rings is 9. The molecule has 0 saturated heterocycles. The van der Waals surface area contributed by atoms with Crippen LogP contribution in [0.4, 0.5) is 17.1 Å². The highest BCUT2D eigenvalue weighted by atomic mass is 15.1. The Balaban J connectivity index is 1.13. The largest absolute Gasteiger partial charge is 0.311 e. The number of fused-ring (bicyclic) bond motifs is 3. The lowest BCUT2D eigenvalue weighted by molar-refractivity contribution is 1.18. The fourth-order valence-electron chi connectivity index (χ4n) is 8.09. The monoisotopic (exact) mass is 714 g/mol. The van der Waals surface area contributed by atoms with Crippen LogP contribution in [0.3, 0.4) is 0 Å². The average molecular weight is 715 g/mol. The summed E-state index contributed by atoms with van der Waals surface area (Å²) in [5, 5.41) is 2.47. The second-order valence-electron chi connectivity index (χ2n) is 14.2. The Hall–Kier alpha value is -7.42. The van der Waals surface area contributed by atoms with Gasteiger partial charge in [0.25, 0.3) is 0 Å². The van der Waals surface area contributed by atoms with E-state index in [9.17, 15) is 0 Å². The van der Waals surface area contributed by atoms with Gasteiger partial charge >= 0.3 is 0 Å². The zero-order valence-electron chi connectivity index (χ0n) is 30.8. The van der Waals surface area contributed by atoms with Gasteiger partial charge in [-0.1, -0.05) is 158 Å². The summed E-state index contributed by atoms with van der Waals surface area (Å²) in [6.45, 7) is 0. The summed E-state index contributed by atoms with van der Waals surface area (Å²) >= 11 is 0. The van der Waals surface area contributed by atoms with Crippen molar-refractivity contribution in [3.05, 3.63) is 231 Å². The molecule has 264 valence electrons. The first kappa shape index (κ1) is 33.2. The quantitative estimate of drug-likeness (QED) is 0.152. The molecule has 0 spiro atoms. The van der Waals surface area contributed by atoms with Crippen LogP contribution in [-0.2, 0) is 0 Å². The van der Waals surface area contributed by atoms with Gasteiger partial charge in [-0.3, -0.25) is 0 Å². The Labute approximate surface area is 327 Å². The molecule has 0 fully saturated rings. The van der Waals surface area contributed by atoms with Crippen molar-refractivity contribution in [1.29, 1.82) is 0 Å². The van der Waals surface area contributed by atoms with Gasteiger partial charge < -0.3 is 9.47 Å². The number of aromatic nitrogens is 1. The SMILES string of the molecule is c1ccc(-c2ccc3c4cc(-c5ccccc5)c(-c5cccc(-c6ccc(N(c7ccccc7)c7ccccc7)cc6)c5)cc4n(-c4ccccc4)c3c2)cc1. The van der Waals surface area contributed by atoms with Crippen LogP contribution in [0.15, 0.2) is 231 Å². The van der Waals surface area contributed by atoms with Gasteiger partial charge in [-0.25, -0.2) is 0 Å². The second kappa shape index (κ2) is 14.4. The highest BCUT2D eigenvalue weighted by Crippen LogP contribution is 2.43. The normalized spacial score (nSPS) is 11.2. The molecule has 0 N–H and O–H groups in total. The van der Waals surface area contributed by atoms with Gasteiger partial charge in [0.2, 0.25) is 0 Å². The first-order valence-electron chi connectivity index (χ1n) is 19.2. The lowest BCUT2D eigenvalue weighted by Crippen LogP contribution is -2.09. The van der Waals surface area contributed by atoms with Crippen LogP contribution < -0.4 is 4.90 Å². The van der Waals surface area contributed by atoms with Crippen molar-refractivity contribution in [2.24, 2.45) is 0 Å². The Morgan fingerprint density at radius 2 is 0.714 bits per heavy atom. The summed E-state index contributed by atoms with van der Waals surface area (Å²) < 4.78 is 2.43. The predicted molar refractivity (Wildman–Crippen MR) is 237 cm³/mol. The van der Waals surface area contributed by atoms with Gasteiger partial charge in [-0.15, -0.1) is 0 Å². The lowest BCUT2D eigenvalue weighted by atomic mass is 9.91. The number of hydrogen-bond donors (Lipinski definition) is 0. The number of anilines is 3. The van der Waals surface area contributed by atoms with E-state index in [1.807, 2.05) is 0 Å². The van der Waals surface area contributed by atoms with Gasteiger partial charge in [0, 0.05) is 33.5 Å². The fraction of sp³-hybridized carbons (Fsp3) is 0. The van der Waals surface area contributed by atoms with E-state index in [-0.39, 0.29) is 0 Å². The third kappa shape index (κ3) is 6.14. The number of nitrogens with zero attached hydrogens (tertiary/aromatic N) is 2. The van der Waals surface area contributed by atoms with Crippen LogP contribution in [0.2, 0.25) is 0 Å². The van der Waals surface area contributed by atoms with Crippen LogP contribution in [0.5, 0.6) is 0 Å². The molecule has 2 nitrogen and oxygen atoms in total. The minimum Gasteiger partial charge on any atom is -0.311 e. The maximum absolute atomic E-state index is 2.43. The van der Waals surface area contributed by atoms with E-state index in [2.05, 4.69) is 240 Å². The molecule has 1 aromatic heterocycles. The molecule has 0 unspecified atom stereocenters. The molecule has 2 heteroatoms. The molecule has 0 radical (unpaired) electrons. The standard InChI is InChI=1S/C54H38N2/c1-6-17-39(18-7-1)43-31-34-49-52-37-50(41-19-8-2-9-20-41)51(38-54(52)56(53(49)36-43)47-27-14-5-15-28-47)44-22-16-21-42(35-44)40-29-32-48(33-30-40)55(45-23-10-3-11-24-45)46-25-12-4-13-26-46/h1-38H. The topological polar surface area (TPSA) is 8.17 Å². The van der Waals surface area contributed by atoms with Crippen LogP contribution >= 0.6 is 0 Å². The van der Waals surface area contributed by atoms with Crippen molar-refractivity contribution < 1.29 is 0 Å². The van der Waals surface area contributed by atoms with Crippen molar-refractivity contribution in [2.45, 2.75) is 0 Å². The highest BCUT2D eigenvalue weighted by Gasteiger charge is 2.19. The van der Waals surface area contributed by atoms with Gasteiger partial charge in [0.05, 0.1) is 11.0 Å². The van der Waals surface area contributed by atoms with E-state index < -0.39 is 0 Å². The second-order valence-corrected chi connectivity index (χ2v) is 14.2. The summed E-state index contributed by atoms with van der Waals surface area (Å²) in [6, 6.07) is 83.0. The molecule has 9 aromatic carbocycles. The molecule has 0 aliphatic rings. The smallest absolute Gasteiger partial charge is 0.0547 e. The summed E-state index contributed by atoms with van der Waals surface area (Å²) in [6.07, 6.45) is 0. The minimum absolute atomic E-state index is 1.11. The maximum atomic E-state index is 2.43. The number of hydrogen-bond acceptors (Lipinski definition) is 1. The Bertz CT molecular complexity index is 2880. The Morgan fingerprint density at radius 1 is 0.268 bits per heavy atom. The molecule has 0 saturated carbocycles. The third-order valence-corrected chi connectivity index (χ3v) is 10.8. The molecular weight excluding hydrogens is 677 g/mol. The summed E-state index contributed by atoms with van der Waals surface area (Å²) in [5.74, 6) is 0. The van der Waals surface area contributed by atoms with E-state index in [1.54, 1.807) is 0 Å². The Morgan fingerprint density at radius 3 is 1.36 bits per heavy atom. The van der Waals surface area contributed by atoms with Crippen LogP contribution in [0, 0.1) is 0 Å². The van der Waals surface area contributed by atoms with E-state index >= 15 is 0 Å². The van der Waals surface area contributed by atoms with Crippen molar-refractivity contribution in [3.8, 4) is 50.2 Å². The zero-order chi connectivity index (χ0) is 37.3. The third-order valence-electron chi connectivity index (χ3n) is 10.8. The van der Waals surface area contributed by atoms with E-state index in [4.69, 9.17) is 0 Å². The van der Waals surface area contributed by atoms with Crippen LogP contribution in [0.1, 0.15) is 0 Å². The molecule has 0 aliphatic heterocycles. The molecular formula is C54H38N2. The molecule has 0 bridgehead atoms. The van der Waals surface area contributed by atoms with Gasteiger partial charge in [-0.05, 0) is 117 Å². The molecule has 0 amide bonds. The molecule has 56 heavy (non-hydrogen) atoms. The number of para-hydroxylation sites is 3. The molecule has 0 atom stereocenters. The van der Waals surface area contributed by atoms with Crippen LogP contribution in [-0.4, -0.2) is 4.57 Å². The fourth-order valence-corrected chi connectivity index (χ4v) is 8.09. The average Bonchev–Trinajstić information content (AvgIpc) is 3.60. The summed E-state index contributed by atoms with van der Waals surface area (Å²) in [4.78, 5) is 2.30. The van der Waals surface area contributed by atoms with Gasteiger partial charge in [0.15, 0.2) is 0 Å². The summed E-state index contributed by atoms with van der Waals surface area (Å²) in [5.41, 5.74) is 16.4. The molecule has 10 rings (SSSR count). The zero-order valence-corrected chi connectivity index (χ0v) is 30.8. The van der Waals surface area contributed by atoms with Crippen molar-refractivity contribution in [3.63, 3.8) is 0 Å². The highest BCUT2D eigenvalue weighted by molar-refractivity contribution is 6.13. The van der Waals surface area contributed by atoms with Crippen molar-refractivity contribution >= 4 is 38.9 Å². The number of rotatable bonds is 8. The summed E-state index contributed by atoms with van der Waals surface area (Å²) in [7, 11) is 0. The van der Waals surface area contributed by atoms with Crippen molar-refractivity contribution in [2.75, 3.05) is 4.90 Å². The van der Waals surface area contributed by atoms with E-state index in [0.29, 0.717) is 0 Å². The van der Waals surface area contributed by atoms with Crippen LogP contribution in [0.25, 0.3) is 72.0 Å². The van der Waals surface area contributed by atoms with Gasteiger partial charge in [-0.2, -0.15) is 0 Å². The van der Waals surface area contributed by atoms with Crippen molar-refractivity contribution in [1.82, 2.24) is 4.57 Å². The lowest BCUT2D eigenvalue weighted by Gasteiger charge is -2.25. The van der Waals surface area contributed by atoms with E-state index in [0.717, 1.165) is 22.7 Å². The first-order chi connectivity index (χ1) is 27.8. The molecule has 10 aromatic rings. The predicted octanol–water partition coefficient (Wildman–Crippen LogP) is 14.9. The molecule has 0 aliphatic carbocycles. The Kier molecular flexibility index (Phi) is 8.55. The molecule has 1 heterocycles. The maximum Gasteiger partial charge on any atom is 0.0547 e. The first-order valence-corrected chi connectivity index (χ1v) is 19.2. The minimum atomic E-state index is 1.11. The van der Waals surface area contributed by atoms with E-state index in [1.165, 1.54) is 66.3 Å².